The molecule has 0 fully saturated rings. The molecule has 74 valence electrons. The van der Waals surface area contributed by atoms with Gasteiger partial charge in [-0.1, -0.05) is 0 Å². The smallest absolute Gasteiger partial charge is 0.168 e. The highest BCUT2D eigenvalue weighted by atomic mass is 19.2. The maximum Gasteiger partial charge on any atom is 0.168 e. The molecule has 5 heteroatoms. The van der Waals surface area contributed by atoms with Gasteiger partial charge in [0, 0.05) is 11.1 Å². The number of benzene rings is 1. The van der Waals surface area contributed by atoms with Crippen LogP contribution in [0.5, 0.6) is 0 Å². The molecule has 1 N–H and O–H groups in total. The zero-order valence-corrected chi connectivity index (χ0v) is 7.18. The molecule has 14 heavy (non-hydrogen) atoms. The molecule has 0 spiro atoms. The SMILES string of the molecule is Cc1c(F)cc(C(O)C#N)c(F)c1F. The second kappa shape index (κ2) is 3.68. The highest BCUT2D eigenvalue weighted by Crippen LogP contribution is 2.23. The lowest BCUT2D eigenvalue weighted by Crippen LogP contribution is -2.04. The zero-order chi connectivity index (χ0) is 10.9. The maximum absolute atomic E-state index is 13.0. The van der Waals surface area contributed by atoms with E-state index in [1.54, 1.807) is 0 Å². The molecule has 1 rings (SSSR count). The summed E-state index contributed by atoms with van der Waals surface area (Å²) in [6, 6.07) is 1.89. The van der Waals surface area contributed by atoms with Gasteiger partial charge in [0.25, 0.3) is 0 Å². The van der Waals surface area contributed by atoms with Crippen LogP contribution in [0.2, 0.25) is 0 Å². The summed E-state index contributed by atoms with van der Waals surface area (Å²) in [5.41, 5.74) is -1.16. The summed E-state index contributed by atoms with van der Waals surface area (Å²) in [4.78, 5) is 0. The molecule has 1 aromatic rings. The van der Waals surface area contributed by atoms with E-state index in [9.17, 15) is 13.2 Å². The Morgan fingerprint density at radius 3 is 2.43 bits per heavy atom. The first-order chi connectivity index (χ1) is 6.49. The first-order valence-electron chi connectivity index (χ1n) is 3.70. The lowest BCUT2D eigenvalue weighted by Gasteiger charge is -2.07. The van der Waals surface area contributed by atoms with E-state index in [2.05, 4.69) is 0 Å². The summed E-state index contributed by atoms with van der Waals surface area (Å²) < 4.78 is 38.8. The van der Waals surface area contributed by atoms with E-state index in [1.165, 1.54) is 6.07 Å². The third-order valence-electron chi connectivity index (χ3n) is 1.83. The summed E-state index contributed by atoms with van der Waals surface area (Å²) in [6.45, 7) is 1.07. The van der Waals surface area contributed by atoms with E-state index >= 15 is 0 Å². The Kier molecular flexibility index (Phi) is 2.77. The molecule has 0 saturated heterocycles. The Bertz CT molecular complexity index is 411. The molecule has 1 atom stereocenters. The Labute approximate surface area is 78.2 Å². The molecule has 1 aromatic carbocycles. The summed E-state index contributed by atoms with van der Waals surface area (Å²) >= 11 is 0. The second-order valence-electron chi connectivity index (χ2n) is 2.73. The van der Waals surface area contributed by atoms with Crippen molar-refractivity contribution in [2.24, 2.45) is 0 Å². The topological polar surface area (TPSA) is 44.0 Å². The van der Waals surface area contributed by atoms with Crippen LogP contribution < -0.4 is 0 Å². The molecule has 2 nitrogen and oxygen atoms in total. The Morgan fingerprint density at radius 2 is 1.93 bits per heavy atom. The van der Waals surface area contributed by atoms with Crippen LogP contribution in [0, 0.1) is 35.7 Å². The van der Waals surface area contributed by atoms with Crippen molar-refractivity contribution in [2.75, 3.05) is 0 Å². The van der Waals surface area contributed by atoms with E-state index in [0.717, 1.165) is 6.92 Å². The minimum Gasteiger partial charge on any atom is -0.374 e. The standard InChI is InChI=1S/C9H6F3NO/c1-4-6(10)2-5(7(14)3-13)9(12)8(4)11/h2,7,14H,1H3. The fourth-order valence-corrected chi connectivity index (χ4v) is 0.973. The highest BCUT2D eigenvalue weighted by molar-refractivity contribution is 5.30. The van der Waals surface area contributed by atoms with Crippen molar-refractivity contribution in [1.29, 1.82) is 5.26 Å². The molecule has 0 bridgehead atoms. The molecule has 0 amide bonds. The van der Waals surface area contributed by atoms with Crippen LogP contribution in [0.3, 0.4) is 0 Å². The van der Waals surface area contributed by atoms with Crippen LogP contribution in [0.15, 0.2) is 6.07 Å². The van der Waals surface area contributed by atoms with E-state index in [-0.39, 0.29) is 0 Å². The van der Waals surface area contributed by atoms with Gasteiger partial charge < -0.3 is 5.11 Å². The number of nitrogens with zero attached hydrogens (tertiary/aromatic N) is 1. The van der Waals surface area contributed by atoms with Crippen LogP contribution >= 0.6 is 0 Å². The molecular weight excluding hydrogens is 195 g/mol. The van der Waals surface area contributed by atoms with Crippen molar-refractivity contribution >= 4 is 0 Å². The van der Waals surface area contributed by atoms with Crippen molar-refractivity contribution in [3.05, 3.63) is 34.6 Å². The Balaban J connectivity index is 3.42. The fourth-order valence-electron chi connectivity index (χ4n) is 0.973. The van der Waals surface area contributed by atoms with Gasteiger partial charge >= 0.3 is 0 Å². The Hall–Kier alpha value is -1.54. The van der Waals surface area contributed by atoms with Crippen LogP contribution in [-0.2, 0) is 0 Å². The average molecular weight is 201 g/mol. The van der Waals surface area contributed by atoms with Crippen molar-refractivity contribution in [1.82, 2.24) is 0 Å². The number of aliphatic hydroxyl groups is 1. The largest absolute Gasteiger partial charge is 0.374 e. The van der Waals surface area contributed by atoms with Crippen molar-refractivity contribution in [3.63, 3.8) is 0 Å². The predicted molar refractivity (Wildman–Crippen MR) is 41.6 cm³/mol. The highest BCUT2D eigenvalue weighted by Gasteiger charge is 2.20. The van der Waals surface area contributed by atoms with Gasteiger partial charge in [-0.15, -0.1) is 0 Å². The molecule has 0 saturated carbocycles. The summed E-state index contributed by atoms with van der Waals surface area (Å²) in [6.07, 6.45) is -1.86. The minimum atomic E-state index is -1.86. The van der Waals surface area contributed by atoms with Gasteiger partial charge in [-0.25, -0.2) is 13.2 Å². The number of aliphatic hydroxyl groups excluding tert-OH is 1. The normalized spacial score (nSPS) is 12.3. The van der Waals surface area contributed by atoms with Gasteiger partial charge in [-0.3, -0.25) is 0 Å². The molecule has 0 aromatic heterocycles. The predicted octanol–water partition coefficient (Wildman–Crippen LogP) is 1.97. The summed E-state index contributed by atoms with van der Waals surface area (Å²) in [7, 11) is 0. The maximum atomic E-state index is 13.0. The molecular formula is C9H6F3NO. The lowest BCUT2D eigenvalue weighted by atomic mass is 10.1. The summed E-state index contributed by atoms with van der Waals surface area (Å²) in [5.74, 6) is -3.76. The van der Waals surface area contributed by atoms with Gasteiger partial charge in [-0.05, 0) is 13.0 Å². The first-order valence-corrected chi connectivity index (χ1v) is 3.70. The van der Waals surface area contributed by atoms with E-state index < -0.39 is 34.7 Å². The van der Waals surface area contributed by atoms with Gasteiger partial charge in [0.1, 0.15) is 5.82 Å². The lowest BCUT2D eigenvalue weighted by molar-refractivity contribution is 0.227. The number of hydrogen-bond acceptors (Lipinski definition) is 2. The minimum absolute atomic E-state index is 0.476. The van der Waals surface area contributed by atoms with Gasteiger partial charge in [0.15, 0.2) is 17.7 Å². The third kappa shape index (κ3) is 1.56. The third-order valence-corrected chi connectivity index (χ3v) is 1.83. The van der Waals surface area contributed by atoms with Gasteiger partial charge in [-0.2, -0.15) is 5.26 Å². The fraction of sp³-hybridized carbons (Fsp3) is 0.222. The second-order valence-corrected chi connectivity index (χ2v) is 2.73. The molecule has 0 aliphatic heterocycles. The van der Waals surface area contributed by atoms with E-state index in [1.807, 2.05) is 0 Å². The first kappa shape index (κ1) is 10.5. The van der Waals surface area contributed by atoms with Crippen LogP contribution in [0.1, 0.15) is 17.2 Å². The number of rotatable bonds is 1. The number of halogens is 3. The van der Waals surface area contributed by atoms with E-state index in [0.29, 0.717) is 6.07 Å². The molecule has 0 aliphatic carbocycles. The van der Waals surface area contributed by atoms with Crippen molar-refractivity contribution in [3.8, 4) is 6.07 Å². The number of nitriles is 1. The van der Waals surface area contributed by atoms with E-state index in [4.69, 9.17) is 10.4 Å². The van der Waals surface area contributed by atoms with Crippen LogP contribution in [-0.4, -0.2) is 5.11 Å². The van der Waals surface area contributed by atoms with Crippen molar-refractivity contribution in [2.45, 2.75) is 13.0 Å². The monoisotopic (exact) mass is 201 g/mol. The molecule has 0 radical (unpaired) electrons. The van der Waals surface area contributed by atoms with Gasteiger partial charge in [0.2, 0.25) is 0 Å². The quantitative estimate of drug-likeness (QED) is 0.557. The summed E-state index contributed by atoms with van der Waals surface area (Å²) in [5, 5.41) is 17.2. The zero-order valence-electron chi connectivity index (χ0n) is 7.18. The molecule has 1 unspecified atom stereocenters. The Morgan fingerprint density at radius 1 is 1.36 bits per heavy atom. The number of hydrogen-bond donors (Lipinski definition) is 1. The molecule has 0 aliphatic rings. The van der Waals surface area contributed by atoms with Crippen LogP contribution in [0.4, 0.5) is 13.2 Å². The average Bonchev–Trinajstić information content (AvgIpc) is 2.19. The van der Waals surface area contributed by atoms with Crippen molar-refractivity contribution < 1.29 is 18.3 Å². The van der Waals surface area contributed by atoms with Gasteiger partial charge in [0.05, 0.1) is 6.07 Å². The molecule has 0 heterocycles. The van der Waals surface area contributed by atoms with Crippen LogP contribution in [0.25, 0.3) is 0 Å².